The van der Waals surface area contributed by atoms with Crippen LogP contribution in [-0.2, 0) is 29.4 Å². The molecule has 3 atom stereocenters. The van der Waals surface area contributed by atoms with Crippen molar-refractivity contribution in [3.05, 3.63) is 35.9 Å². The third-order valence-electron chi connectivity index (χ3n) is 4.34. The summed E-state index contributed by atoms with van der Waals surface area (Å²) in [6.45, 7) is 3.44. The first-order chi connectivity index (χ1) is 13.7. The minimum atomic E-state index is -5.15. The normalized spacial score (nSPS) is 15.8. The lowest BCUT2D eigenvalue weighted by Gasteiger charge is -2.34. The summed E-state index contributed by atoms with van der Waals surface area (Å²) >= 11 is 6.21. The van der Waals surface area contributed by atoms with E-state index in [4.69, 9.17) is 21.1 Å². The zero-order valence-corrected chi connectivity index (χ0v) is 17.4. The standard InChI is InChI=1S/C20H26ClF3O5/c1-4-6-8-13-15(21)16(17(25)28-5-2)29-18(26)19(27-3,20(22,23)24)14-11-9-7-10-12-14/h7,9-12,15-16H,4-6,8,13H2,1-3H3/t15-,16+,19?/m0/s1. The van der Waals surface area contributed by atoms with Crippen LogP contribution in [-0.4, -0.2) is 43.3 Å². The highest BCUT2D eigenvalue weighted by Crippen LogP contribution is 2.43. The first-order valence-electron chi connectivity index (χ1n) is 9.34. The molecule has 0 fully saturated rings. The molecule has 1 aromatic rings. The average molecular weight is 439 g/mol. The molecule has 1 aromatic carbocycles. The number of methoxy groups -OCH3 is 1. The Kier molecular flexibility index (Phi) is 9.92. The predicted octanol–water partition coefficient (Wildman–Crippen LogP) is 4.75. The third-order valence-corrected chi connectivity index (χ3v) is 4.79. The molecule has 0 heterocycles. The highest BCUT2D eigenvalue weighted by Gasteiger charge is 2.64. The van der Waals surface area contributed by atoms with E-state index in [0.717, 1.165) is 32.1 Å². The molecule has 0 amide bonds. The Labute approximate surface area is 173 Å². The highest BCUT2D eigenvalue weighted by atomic mass is 35.5. The van der Waals surface area contributed by atoms with Gasteiger partial charge < -0.3 is 14.2 Å². The Hall–Kier alpha value is -1.80. The van der Waals surface area contributed by atoms with E-state index < -0.39 is 40.8 Å². The molecule has 0 aliphatic heterocycles. The summed E-state index contributed by atoms with van der Waals surface area (Å²) in [5.74, 6) is -2.78. The lowest BCUT2D eigenvalue weighted by molar-refractivity contribution is -0.278. The summed E-state index contributed by atoms with van der Waals surface area (Å²) in [6, 6.07) is 6.35. The van der Waals surface area contributed by atoms with Gasteiger partial charge in [0.15, 0.2) is 0 Å². The fourth-order valence-corrected chi connectivity index (χ4v) is 3.13. The second-order valence-electron chi connectivity index (χ2n) is 6.34. The monoisotopic (exact) mass is 438 g/mol. The molecule has 0 N–H and O–H groups in total. The molecule has 0 aromatic heterocycles. The van der Waals surface area contributed by atoms with Gasteiger partial charge in [-0.25, -0.2) is 9.59 Å². The molecule has 5 nitrogen and oxygen atoms in total. The van der Waals surface area contributed by atoms with Gasteiger partial charge in [0.1, 0.15) is 0 Å². The zero-order chi connectivity index (χ0) is 22.1. The van der Waals surface area contributed by atoms with Crippen LogP contribution >= 0.6 is 11.6 Å². The molecule has 0 radical (unpaired) electrons. The molecule has 29 heavy (non-hydrogen) atoms. The molecule has 0 saturated heterocycles. The predicted molar refractivity (Wildman–Crippen MR) is 101 cm³/mol. The van der Waals surface area contributed by atoms with Gasteiger partial charge in [0, 0.05) is 12.7 Å². The van der Waals surface area contributed by atoms with E-state index in [0.29, 0.717) is 6.42 Å². The summed E-state index contributed by atoms with van der Waals surface area (Å²) < 4.78 is 56.5. The molecule has 0 spiro atoms. The number of esters is 2. The molecule has 9 heteroatoms. The molecule has 0 saturated carbocycles. The summed E-state index contributed by atoms with van der Waals surface area (Å²) in [7, 11) is 0.751. The van der Waals surface area contributed by atoms with Gasteiger partial charge in [-0.15, -0.1) is 11.6 Å². The Balaban J connectivity index is 3.26. The summed E-state index contributed by atoms with van der Waals surface area (Å²) in [6.07, 6.45) is -4.27. The van der Waals surface area contributed by atoms with Gasteiger partial charge in [-0.2, -0.15) is 13.2 Å². The number of unbranched alkanes of at least 4 members (excludes halogenated alkanes) is 2. The van der Waals surface area contributed by atoms with Crippen LogP contribution in [0.25, 0.3) is 0 Å². The van der Waals surface area contributed by atoms with Crippen LogP contribution in [0.1, 0.15) is 45.1 Å². The van der Waals surface area contributed by atoms with E-state index in [-0.39, 0.29) is 13.0 Å². The van der Waals surface area contributed by atoms with Crippen LogP contribution < -0.4 is 0 Å². The van der Waals surface area contributed by atoms with Crippen LogP contribution in [0.15, 0.2) is 30.3 Å². The van der Waals surface area contributed by atoms with Crippen LogP contribution in [0, 0.1) is 0 Å². The van der Waals surface area contributed by atoms with E-state index in [1.807, 2.05) is 6.92 Å². The van der Waals surface area contributed by atoms with E-state index in [1.54, 1.807) is 0 Å². The SMILES string of the molecule is CCCCC[C@H](Cl)[C@@H](OC(=O)C(OC)(c1ccccc1)C(F)(F)F)C(=O)OCC. The van der Waals surface area contributed by atoms with Crippen LogP contribution in [0.2, 0.25) is 0 Å². The number of alkyl halides is 4. The quantitative estimate of drug-likeness (QED) is 0.283. The van der Waals surface area contributed by atoms with Gasteiger partial charge in [0.05, 0.1) is 12.0 Å². The van der Waals surface area contributed by atoms with E-state index in [1.165, 1.54) is 25.1 Å². The van der Waals surface area contributed by atoms with Gasteiger partial charge in [-0.05, 0) is 13.3 Å². The number of carbonyl (C=O) groups is 2. The third kappa shape index (κ3) is 6.09. The van der Waals surface area contributed by atoms with Crippen molar-refractivity contribution in [1.82, 2.24) is 0 Å². The lowest BCUT2D eigenvalue weighted by atomic mass is 9.92. The van der Waals surface area contributed by atoms with Crippen molar-refractivity contribution in [2.24, 2.45) is 0 Å². The molecule has 0 bridgehead atoms. The van der Waals surface area contributed by atoms with Crippen LogP contribution in [0.3, 0.4) is 0 Å². The molecular weight excluding hydrogens is 413 g/mol. The highest BCUT2D eigenvalue weighted by molar-refractivity contribution is 6.22. The molecule has 0 aliphatic rings. The number of rotatable bonds is 11. The second-order valence-corrected chi connectivity index (χ2v) is 6.90. The van der Waals surface area contributed by atoms with Crippen molar-refractivity contribution < 1.29 is 37.0 Å². The largest absolute Gasteiger partial charge is 0.463 e. The Morgan fingerprint density at radius 3 is 2.21 bits per heavy atom. The van der Waals surface area contributed by atoms with Crippen molar-refractivity contribution in [2.75, 3.05) is 13.7 Å². The Morgan fingerprint density at radius 2 is 1.72 bits per heavy atom. The second kappa shape index (κ2) is 11.4. The van der Waals surface area contributed by atoms with Gasteiger partial charge in [0.2, 0.25) is 6.10 Å². The van der Waals surface area contributed by atoms with Gasteiger partial charge in [0.25, 0.3) is 5.60 Å². The van der Waals surface area contributed by atoms with E-state index >= 15 is 0 Å². The number of benzene rings is 1. The fraction of sp³-hybridized carbons (Fsp3) is 0.600. The van der Waals surface area contributed by atoms with Gasteiger partial charge >= 0.3 is 18.1 Å². The van der Waals surface area contributed by atoms with E-state index in [2.05, 4.69) is 4.74 Å². The van der Waals surface area contributed by atoms with Crippen molar-refractivity contribution in [3.63, 3.8) is 0 Å². The molecular formula is C20H26ClF3O5. The number of hydrogen-bond donors (Lipinski definition) is 0. The molecule has 0 aliphatic carbocycles. The minimum absolute atomic E-state index is 0.0428. The number of hydrogen-bond acceptors (Lipinski definition) is 5. The summed E-state index contributed by atoms with van der Waals surface area (Å²) in [4.78, 5) is 25.0. The fourth-order valence-electron chi connectivity index (χ4n) is 2.82. The van der Waals surface area contributed by atoms with Crippen molar-refractivity contribution in [1.29, 1.82) is 0 Å². The maximum Gasteiger partial charge on any atom is 0.432 e. The van der Waals surface area contributed by atoms with Crippen molar-refractivity contribution in [3.8, 4) is 0 Å². The smallest absolute Gasteiger partial charge is 0.432 e. The van der Waals surface area contributed by atoms with Gasteiger partial charge in [-0.1, -0.05) is 56.5 Å². The maximum absolute atomic E-state index is 14.0. The summed E-state index contributed by atoms with van der Waals surface area (Å²) in [5, 5.41) is -1.04. The van der Waals surface area contributed by atoms with Gasteiger partial charge in [-0.3, -0.25) is 0 Å². The van der Waals surface area contributed by atoms with Crippen LogP contribution in [0.4, 0.5) is 13.2 Å². The zero-order valence-electron chi connectivity index (χ0n) is 16.6. The molecule has 1 unspecified atom stereocenters. The first kappa shape index (κ1) is 25.2. The minimum Gasteiger partial charge on any atom is -0.463 e. The van der Waals surface area contributed by atoms with Crippen molar-refractivity contribution in [2.45, 2.75) is 62.8 Å². The molecule has 164 valence electrons. The van der Waals surface area contributed by atoms with Crippen molar-refractivity contribution >= 4 is 23.5 Å². The first-order valence-corrected chi connectivity index (χ1v) is 9.78. The Morgan fingerprint density at radius 1 is 1.10 bits per heavy atom. The summed E-state index contributed by atoms with van der Waals surface area (Å²) in [5.41, 5.74) is -3.88. The molecule has 1 rings (SSSR count). The van der Waals surface area contributed by atoms with Crippen LogP contribution in [0.5, 0.6) is 0 Å². The lowest BCUT2D eigenvalue weighted by Crippen LogP contribution is -2.54. The number of ether oxygens (including phenoxy) is 3. The number of carbonyl (C=O) groups excluding carboxylic acids is 2. The number of halogens is 4. The van der Waals surface area contributed by atoms with E-state index in [9.17, 15) is 22.8 Å². The Bertz CT molecular complexity index is 653. The topological polar surface area (TPSA) is 61.8 Å². The average Bonchev–Trinajstić information content (AvgIpc) is 2.67. The maximum atomic E-state index is 14.0.